The summed E-state index contributed by atoms with van der Waals surface area (Å²) < 4.78 is 32.7. The van der Waals surface area contributed by atoms with Crippen LogP contribution in [0, 0.1) is 0 Å². The van der Waals surface area contributed by atoms with Gasteiger partial charge in [0.2, 0.25) is 10.0 Å². The van der Waals surface area contributed by atoms with Crippen LogP contribution in [0.15, 0.2) is 59.5 Å². The zero-order chi connectivity index (χ0) is 15.3. The number of sulfonamides is 1. The summed E-state index contributed by atoms with van der Waals surface area (Å²) in [7, 11) is -2.05. The van der Waals surface area contributed by atoms with Crippen LogP contribution in [0.5, 0.6) is 0 Å². The van der Waals surface area contributed by atoms with Crippen LogP contribution >= 0.6 is 0 Å². The summed E-state index contributed by atoms with van der Waals surface area (Å²) >= 11 is 0. The highest BCUT2D eigenvalue weighted by Gasteiger charge is 2.21. The van der Waals surface area contributed by atoms with Crippen LogP contribution in [-0.4, -0.2) is 28.2 Å². The molecule has 0 amide bonds. The van der Waals surface area contributed by atoms with Gasteiger partial charge in [-0.05, 0) is 18.6 Å². The standard InChI is InChI=1S/C16H19NO3S/c1-13(12-20-2)17-21(18,19)16-11-7-6-10-15(16)14-8-4-3-5-9-14/h3-11,13,17H,12H2,1-2H3/t13-/m1/s1. The van der Waals surface area contributed by atoms with Gasteiger partial charge in [-0.2, -0.15) is 0 Å². The second-order valence-corrected chi connectivity index (χ2v) is 6.52. The van der Waals surface area contributed by atoms with Gasteiger partial charge < -0.3 is 4.74 Å². The van der Waals surface area contributed by atoms with Crippen molar-refractivity contribution in [1.29, 1.82) is 0 Å². The van der Waals surface area contributed by atoms with E-state index in [9.17, 15) is 8.42 Å². The normalized spacial score (nSPS) is 13.0. The van der Waals surface area contributed by atoms with E-state index in [2.05, 4.69) is 4.72 Å². The fraction of sp³-hybridized carbons (Fsp3) is 0.250. The third-order valence-electron chi connectivity index (χ3n) is 3.03. The summed E-state index contributed by atoms with van der Waals surface area (Å²) in [6.45, 7) is 2.10. The van der Waals surface area contributed by atoms with Gasteiger partial charge in [0.15, 0.2) is 0 Å². The Labute approximate surface area is 125 Å². The lowest BCUT2D eigenvalue weighted by Crippen LogP contribution is -2.35. The maximum Gasteiger partial charge on any atom is 0.241 e. The monoisotopic (exact) mass is 305 g/mol. The second kappa shape index (κ2) is 6.85. The van der Waals surface area contributed by atoms with Crippen molar-refractivity contribution in [1.82, 2.24) is 4.72 Å². The van der Waals surface area contributed by atoms with E-state index in [4.69, 9.17) is 4.74 Å². The van der Waals surface area contributed by atoms with Gasteiger partial charge in [0.25, 0.3) is 0 Å². The average Bonchev–Trinajstić information content (AvgIpc) is 2.48. The molecule has 0 spiro atoms. The zero-order valence-corrected chi connectivity index (χ0v) is 12.9. The minimum atomic E-state index is -3.59. The van der Waals surface area contributed by atoms with E-state index in [1.807, 2.05) is 42.5 Å². The predicted octanol–water partition coefficient (Wildman–Crippen LogP) is 2.67. The van der Waals surface area contributed by atoms with Crippen LogP contribution in [0.25, 0.3) is 11.1 Å². The number of hydrogen-bond acceptors (Lipinski definition) is 3. The minimum absolute atomic E-state index is 0.277. The lowest BCUT2D eigenvalue weighted by Gasteiger charge is -2.15. The zero-order valence-electron chi connectivity index (χ0n) is 12.1. The molecule has 1 atom stereocenters. The lowest BCUT2D eigenvalue weighted by molar-refractivity contribution is 0.180. The van der Waals surface area contributed by atoms with Crippen LogP contribution in [0.4, 0.5) is 0 Å². The number of methoxy groups -OCH3 is 1. The van der Waals surface area contributed by atoms with Crippen LogP contribution in [0.2, 0.25) is 0 Å². The molecule has 2 rings (SSSR count). The first kappa shape index (κ1) is 15.7. The maximum atomic E-state index is 12.5. The highest BCUT2D eigenvalue weighted by Crippen LogP contribution is 2.26. The molecule has 112 valence electrons. The molecule has 0 aliphatic heterocycles. The first-order valence-electron chi connectivity index (χ1n) is 6.70. The first-order chi connectivity index (χ1) is 10.0. The summed E-state index contributed by atoms with van der Waals surface area (Å²) in [5.41, 5.74) is 1.56. The number of nitrogens with one attached hydrogen (secondary N) is 1. The largest absolute Gasteiger partial charge is 0.383 e. The van der Waals surface area contributed by atoms with Gasteiger partial charge in [0.05, 0.1) is 11.5 Å². The van der Waals surface area contributed by atoms with Crippen molar-refractivity contribution in [2.24, 2.45) is 0 Å². The van der Waals surface area contributed by atoms with Gasteiger partial charge >= 0.3 is 0 Å². The van der Waals surface area contributed by atoms with E-state index in [-0.39, 0.29) is 10.9 Å². The average molecular weight is 305 g/mol. The minimum Gasteiger partial charge on any atom is -0.383 e. The Kier molecular flexibility index (Phi) is 5.12. The predicted molar refractivity (Wildman–Crippen MR) is 83.5 cm³/mol. The van der Waals surface area contributed by atoms with Crippen molar-refractivity contribution in [3.63, 3.8) is 0 Å². The third-order valence-corrected chi connectivity index (χ3v) is 4.68. The van der Waals surface area contributed by atoms with Gasteiger partial charge in [-0.1, -0.05) is 48.5 Å². The first-order valence-corrected chi connectivity index (χ1v) is 8.18. The Morgan fingerprint density at radius 3 is 2.33 bits per heavy atom. The van der Waals surface area contributed by atoms with Crippen LogP contribution in [0.1, 0.15) is 6.92 Å². The summed E-state index contributed by atoms with van der Waals surface area (Å²) in [6.07, 6.45) is 0. The van der Waals surface area contributed by atoms with E-state index in [0.29, 0.717) is 12.2 Å². The van der Waals surface area contributed by atoms with Gasteiger partial charge in [-0.25, -0.2) is 13.1 Å². The Balaban J connectivity index is 2.41. The topological polar surface area (TPSA) is 55.4 Å². The Bertz CT molecular complexity index is 684. The summed E-state index contributed by atoms with van der Waals surface area (Å²) in [5.74, 6) is 0. The maximum absolute atomic E-state index is 12.5. The molecule has 0 bridgehead atoms. The molecule has 0 saturated heterocycles. The molecule has 4 nitrogen and oxygen atoms in total. The molecular formula is C16H19NO3S. The molecule has 2 aromatic carbocycles. The second-order valence-electron chi connectivity index (χ2n) is 4.84. The molecule has 0 unspecified atom stereocenters. The summed E-state index contributed by atoms with van der Waals surface area (Å²) in [4.78, 5) is 0.277. The van der Waals surface area contributed by atoms with Crippen molar-refractivity contribution in [2.75, 3.05) is 13.7 Å². The van der Waals surface area contributed by atoms with E-state index in [0.717, 1.165) is 5.56 Å². The van der Waals surface area contributed by atoms with Gasteiger partial charge in [-0.3, -0.25) is 0 Å². The fourth-order valence-corrected chi connectivity index (χ4v) is 3.63. The van der Waals surface area contributed by atoms with E-state index in [1.54, 1.807) is 26.2 Å². The van der Waals surface area contributed by atoms with Crippen molar-refractivity contribution >= 4 is 10.0 Å². The quantitative estimate of drug-likeness (QED) is 0.892. The van der Waals surface area contributed by atoms with Crippen LogP contribution < -0.4 is 4.72 Å². The molecule has 0 aliphatic carbocycles. The number of hydrogen-bond donors (Lipinski definition) is 1. The molecule has 2 aromatic rings. The molecule has 0 aliphatic rings. The molecule has 0 radical (unpaired) electrons. The van der Waals surface area contributed by atoms with Crippen molar-refractivity contribution in [3.05, 3.63) is 54.6 Å². The van der Waals surface area contributed by atoms with Gasteiger partial charge in [0.1, 0.15) is 0 Å². The molecule has 0 saturated carbocycles. The van der Waals surface area contributed by atoms with E-state index in [1.165, 1.54) is 0 Å². The SMILES string of the molecule is COC[C@@H](C)NS(=O)(=O)c1ccccc1-c1ccccc1. The Hall–Kier alpha value is -1.69. The van der Waals surface area contributed by atoms with Crippen molar-refractivity contribution in [2.45, 2.75) is 17.9 Å². The molecule has 0 aromatic heterocycles. The molecule has 21 heavy (non-hydrogen) atoms. The Morgan fingerprint density at radius 2 is 1.67 bits per heavy atom. The molecule has 1 N–H and O–H groups in total. The number of rotatable bonds is 6. The highest BCUT2D eigenvalue weighted by molar-refractivity contribution is 7.89. The third kappa shape index (κ3) is 3.91. The molecular weight excluding hydrogens is 286 g/mol. The van der Waals surface area contributed by atoms with Crippen molar-refractivity contribution in [3.8, 4) is 11.1 Å². The van der Waals surface area contributed by atoms with Gasteiger partial charge in [0, 0.05) is 18.7 Å². The van der Waals surface area contributed by atoms with Crippen molar-refractivity contribution < 1.29 is 13.2 Å². The van der Waals surface area contributed by atoms with Crippen LogP contribution in [-0.2, 0) is 14.8 Å². The summed E-state index contributed by atoms with van der Waals surface area (Å²) in [6, 6.07) is 16.2. The summed E-state index contributed by atoms with van der Waals surface area (Å²) in [5, 5.41) is 0. The van der Waals surface area contributed by atoms with Gasteiger partial charge in [-0.15, -0.1) is 0 Å². The highest BCUT2D eigenvalue weighted by atomic mass is 32.2. The molecule has 0 fully saturated rings. The van der Waals surface area contributed by atoms with E-state index < -0.39 is 10.0 Å². The van der Waals surface area contributed by atoms with E-state index >= 15 is 0 Å². The lowest BCUT2D eigenvalue weighted by atomic mass is 10.1. The fourth-order valence-electron chi connectivity index (χ4n) is 2.17. The smallest absolute Gasteiger partial charge is 0.241 e. The number of benzene rings is 2. The molecule has 5 heteroatoms. The van der Waals surface area contributed by atoms with Crippen LogP contribution in [0.3, 0.4) is 0 Å². The number of ether oxygens (including phenoxy) is 1. The Morgan fingerprint density at radius 1 is 1.05 bits per heavy atom. The molecule has 0 heterocycles.